The van der Waals surface area contributed by atoms with Gasteiger partial charge in [-0.2, -0.15) is 0 Å². The number of nitrogens with zero attached hydrogens (tertiary/aromatic N) is 1. The van der Waals surface area contributed by atoms with E-state index in [1.54, 1.807) is 0 Å². The van der Waals surface area contributed by atoms with Crippen LogP contribution in [0.5, 0.6) is 0 Å². The first-order chi connectivity index (χ1) is 6.11. The minimum atomic E-state index is -1.04. The quantitative estimate of drug-likeness (QED) is 0.737. The first-order valence-corrected chi connectivity index (χ1v) is 3.60. The van der Waals surface area contributed by atoms with Crippen molar-refractivity contribution in [2.45, 2.75) is 0 Å². The van der Waals surface area contributed by atoms with Gasteiger partial charge in [-0.1, -0.05) is 0 Å². The summed E-state index contributed by atoms with van der Waals surface area (Å²) in [6.07, 6.45) is 2.64. The van der Waals surface area contributed by atoms with Gasteiger partial charge >= 0.3 is 5.97 Å². The second kappa shape index (κ2) is 3.75. The van der Waals surface area contributed by atoms with Crippen LogP contribution in [-0.4, -0.2) is 35.5 Å². The molecule has 70 valence electrons. The number of aliphatic carboxylic acids is 1. The van der Waals surface area contributed by atoms with Crippen molar-refractivity contribution in [3.63, 3.8) is 0 Å². The summed E-state index contributed by atoms with van der Waals surface area (Å²) in [6.45, 7) is -0.315. The summed E-state index contributed by atoms with van der Waals surface area (Å²) in [5.74, 6) is -1.41. The molecule has 0 spiro atoms. The van der Waals surface area contributed by atoms with Crippen molar-refractivity contribution in [2.24, 2.45) is 0 Å². The molecule has 0 aliphatic heterocycles. The van der Waals surface area contributed by atoms with Crippen LogP contribution in [-0.2, 0) is 4.79 Å². The molecule has 0 aromatic carbocycles. The molecule has 0 bridgehead atoms. The largest absolute Gasteiger partial charge is 0.480 e. The van der Waals surface area contributed by atoms with E-state index in [4.69, 9.17) is 9.52 Å². The number of carbonyl (C=O) groups excluding carboxylic acids is 1. The number of carboxylic acids is 1. The van der Waals surface area contributed by atoms with Crippen molar-refractivity contribution in [1.82, 2.24) is 4.90 Å². The zero-order valence-electron chi connectivity index (χ0n) is 7.06. The van der Waals surface area contributed by atoms with Crippen LogP contribution in [0.1, 0.15) is 10.4 Å². The SMILES string of the molecule is CN(CC(=O)O)C(=O)c1ccoc1. The van der Waals surface area contributed by atoms with Gasteiger partial charge in [-0.05, 0) is 6.07 Å². The topological polar surface area (TPSA) is 70.8 Å². The Morgan fingerprint density at radius 3 is 2.77 bits per heavy atom. The molecular weight excluding hydrogens is 174 g/mol. The maximum Gasteiger partial charge on any atom is 0.323 e. The number of likely N-dealkylation sites (N-methyl/N-ethyl adjacent to an activating group) is 1. The van der Waals surface area contributed by atoms with Crippen molar-refractivity contribution in [3.8, 4) is 0 Å². The summed E-state index contributed by atoms with van der Waals surface area (Å²) in [5, 5.41) is 8.41. The van der Waals surface area contributed by atoms with Crippen LogP contribution in [0.25, 0.3) is 0 Å². The first-order valence-electron chi connectivity index (χ1n) is 3.60. The Bertz CT molecular complexity index is 304. The van der Waals surface area contributed by atoms with Gasteiger partial charge in [0.15, 0.2) is 0 Å². The lowest BCUT2D eigenvalue weighted by Crippen LogP contribution is -2.31. The molecule has 0 unspecified atom stereocenters. The molecule has 5 heteroatoms. The molecule has 0 saturated heterocycles. The second-order valence-electron chi connectivity index (χ2n) is 2.57. The van der Waals surface area contributed by atoms with Crippen LogP contribution in [0, 0.1) is 0 Å². The van der Waals surface area contributed by atoms with Crippen molar-refractivity contribution in [3.05, 3.63) is 24.2 Å². The first kappa shape index (κ1) is 9.31. The summed E-state index contributed by atoms with van der Waals surface area (Å²) < 4.78 is 4.70. The molecule has 1 N–H and O–H groups in total. The second-order valence-corrected chi connectivity index (χ2v) is 2.57. The highest BCUT2D eigenvalue weighted by molar-refractivity contribution is 5.95. The Morgan fingerprint density at radius 2 is 2.31 bits per heavy atom. The van der Waals surface area contributed by atoms with Crippen molar-refractivity contribution in [1.29, 1.82) is 0 Å². The molecule has 0 aliphatic rings. The lowest BCUT2D eigenvalue weighted by Gasteiger charge is -2.12. The summed E-state index contributed by atoms with van der Waals surface area (Å²) >= 11 is 0. The molecule has 0 fully saturated rings. The van der Waals surface area contributed by atoms with Gasteiger partial charge in [-0.25, -0.2) is 0 Å². The van der Waals surface area contributed by atoms with Crippen molar-refractivity contribution < 1.29 is 19.1 Å². The molecule has 1 aromatic rings. The van der Waals surface area contributed by atoms with E-state index in [0.717, 1.165) is 4.90 Å². The van der Waals surface area contributed by atoms with E-state index in [1.165, 1.54) is 25.6 Å². The van der Waals surface area contributed by atoms with Gasteiger partial charge < -0.3 is 14.4 Å². The van der Waals surface area contributed by atoms with E-state index in [1.807, 2.05) is 0 Å². The number of hydrogen-bond acceptors (Lipinski definition) is 3. The number of furan rings is 1. The third kappa shape index (κ3) is 2.33. The summed E-state index contributed by atoms with van der Waals surface area (Å²) in [4.78, 5) is 22.7. The third-order valence-corrected chi connectivity index (χ3v) is 1.49. The van der Waals surface area contributed by atoms with Crippen LogP contribution >= 0.6 is 0 Å². The Morgan fingerprint density at radius 1 is 1.62 bits per heavy atom. The zero-order chi connectivity index (χ0) is 9.84. The molecule has 13 heavy (non-hydrogen) atoms. The predicted octanol–water partition coefficient (Wildman–Crippen LogP) is 0.436. The average Bonchev–Trinajstić information content (AvgIpc) is 2.53. The Kier molecular flexibility index (Phi) is 2.69. The minimum Gasteiger partial charge on any atom is -0.480 e. The molecule has 1 rings (SSSR count). The molecule has 0 atom stereocenters. The number of amides is 1. The van der Waals surface area contributed by atoms with E-state index in [9.17, 15) is 9.59 Å². The average molecular weight is 183 g/mol. The van der Waals surface area contributed by atoms with Crippen LogP contribution in [0.3, 0.4) is 0 Å². The maximum absolute atomic E-state index is 11.3. The summed E-state index contributed by atoms with van der Waals surface area (Å²) in [6, 6.07) is 1.49. The van der Waals surface area contributed by atoms with E-state index in [2.05, 4.69) is 0 Å². The van der Waals surface area contributed by atoms with E-state index in [0.29, 0.717) is 5.56 Å². The van der Waals surface area contributed by atoms with Crippen LogP contribution in [0.2, 0.25) is 0 Å². The summed E-state index contributed by atoms with van der Waals surface area (Å²) in [5.41, 5.74) is 0.351. The number of carboxylic acid groups (broad SMARTS) is 1. The smallest absolute Gasteiger partial charge is 0.323 e. The number of carbonyl (C=O) groups is 2. The van der Waals surface area contributed by atoms with Gasteiger partial charge in [-0.3, -0.25) is 9.59 Å². The monoisotopic (exact) mass is 183 g/mol. The van der Waals surface area contributed by atoms with Gasteiger partial charge in [0.1, 0.15) is 12.8 Å². The highest BCUT2D eigenvalue weighted by Crippen LogP contribution is 2.03. The van der Waals surface area contributed by atoms with Gasteiger partial charge in [0.05, 0.1) is 11.8 Å². The van der Waals surface area contributed by atoms with Crippen LogP contribution < -0.4 is 0 Å². The molecule has 1 amide bonds. The lowest BCUT2D eigenvalue weighted by molar-refractivity contribution is -0.137. The van der Waals surface area contributed by atoms with Gasteiger partial charge in [0.25, 0.3) is 5.91 Å². The van der Waals surface area contributed by atoms with Gasteiger partial charge in [-0.15, -0.1) is 0 Å². The molecule has 0 radical (unpaired) electrons. The third-order valence-electron chi connectivity index (χ3n) is 1.49. The van der Waals surface area contributed by atoms with E-state index >= 15 is 0 Å². The van der Waals surface area contributed by atoms with E-state index < -0.39 is 5.97 Å². The minimum absolute atomic E-state index is 0.315. The lowest BCUT2D eigenvalue weighted by atomic mass is 10.3. The zero-order valence-corrected chi connectivity index (χ0v) is 7.06. The fraction of sp³-hybridized carbons (Fsp3) is 0.250. The van der Waals surface area contributed by atoms with Gasteiger partial charge in [0, 0.05) is 7.05 Å². The Balaban J connectivity index is 2.63. The highest BCUT2D eigenvalue weighted by atomic mass is 16.4. The number of hydrogen-bond donors (Lipinski definition) is 1. The molecule has 0 saturated carbocycles. The van der Waals surface area contributed by atoms with Gasteiger partial charge in [0.2, 0.25) is 0 Å². The standard InChI is InChI=1S/C8H9NO4/c1-9(4-7(10)11)8(12)6-2-3-13-5-6/h2-3,5H,4H2,1H3,(H,10,11). The fourth-order valence-electron chi connectivity index (χ4n) is 0.881. The number of rotatable bonds is 3. The van der Waals surface area contributed by atoms with Crippen molar-refractivity contribution >= 4 is 11.9 Å². The maximum atomic E-state index is 11.3. The van der Waals surface area contributed by atoms with Crippen LogP contribution in [0.4, 0.5) is 0 Å². The van der Waals surface area contributed by atoms with Crippen LogP contribution in [0.15, 0.2) is 23.0 Å². The molecular formula is C8H9NO4. The summed E-state index contributed by atoms with van der Waals surface area (Å²) in [7, 11) is 1.42. The van der Waals surface area contributed by atoms with E-state index in [-0.39, 0.29) is 12.5 Å². The predicted molar refractivity (Wildman–Crippen MR) is 43.3 cm³/mol. The molecule has 1 heterocycles. The normalized spacial score (nSPS) is 9.62. The molecule has 5 nitrogen and oxygen atoms in total. The Hall–Kier alpha value is -1.78. The van der Waals surface area contributed by atoms with Crippen molar-refractivity contribution in [2.75, 3.05) is 13.6 Å². The molecule has 0 aliphatic carbocycles. The Labute approximate surface area is 74.6 Å². The highest BCUT2D eigenvalue weighted by Gasteiger charge is 2.14. The molecule has 1 aromatic heterocycles. The fourth-order valence-corrected chi connectivity index (χ4v) is 0.881.